The summed E-state index contributed by atoms with van der Waals surface area (Å²) < 4.78 is 20.3. The molecule has 0 aromatic heterocycles. The van der Waals surface area contributed by atoms with Crippen molar-refractivity contribution < 1.29 is 13.7 Å². The van der Waals surface area contributed by atoms with E-state index in [0.29, 0.717) is 9.80 Å². The third kappa shape index (κ3) is 6.72. The highest BCUT2D eigenvalue weighted by atomic mass is 32.2. The predicted octanol–water partition coefficient (Wildman–Crippen LogP) is 6.77. The number of aryl methyl sites for hydroxylation is 1. The highest BCUT2D eigenvalue weighted by Crippen LogP contribution is 2.42. The van der Waals surface area contributed by atoms with Gasteiger partial charge in [-0.2, -0.15) is 0 Å². The van der Waals surface area contributed by atoms with Crippen LogP contribution >= 0.6 is 0 Å². The Labute approximate surface area is 192 Å². The first-order valence-corrected chi connectivity index (χ1v) is 15.0. The molecule has 2 aromatic rings. The van der Waals surface area contributed by atoms with E-state index in [4.69, 9.17) is 4.43 Å². The molecule has 0 saturated carbocycles. The fourth-order valence-electron chi connectivity index (χ4n) is 3.00. The molecule has 2 rings (SSSR count). The van der Waals surface area contributed by atoms with E-state index < -0.39 is 31.3 Å². The van der Waals surface area contributed by atoms with Crippen molar-refractivity contribution in [2.45, 2.75) is 76.8 Å². The standard InChI is InChI=1S/C26H38O3SSi/c1-19(2)18-23(30(28)22-16-14-20(3)15-17-22)24(27)25(21-12-10-9-11-13-21)29-31(7,8)26(4,5)6/h9-19,24-25,27H,1-8H3/b23-18+/t24-,25-,30+/m0/s1. The van der Waals surface area contributed by atoms with E-state index in [9.17, 15) is 9.32 Å². The summed E-state index contributed by atoms with van der Waals surface area (Å²) in [5, 5.41) is 11.6. The van der Waals surface area contributed by atoms with Gasteiger partial charge in [0.15, 0.2) is 8.32 Å². The predicted molar refractivity (Wildman–Crippen MR) is 134 cm³/mol. The molecule has 0 radical (unpaired) electrons. The van der Waals surface area contributed by atoms with Gasteiger partial charge in [0.25, 0.3) is 0 Å². The van der Waals surface area contributed by atoms with Crippen LogP contribution in [0.5, 0.6) is 0 Å². The van der Waals surface area contributed by atoms with Crippen LogP contribution in [0.1, 0.15) is 51.8 Å². The smallest absolute Gasteiger partial charge is 0.193 e. The number of aliphatic hydroxyl groups excluding tert-OH is 1. The molecule has 1 N–H and O–H groups in total. The Kier molecular flexibility index (Phi) is 8.62. The quantitative estimate of drug-likeness (QED) is 0.444. The zero-order valence-corrected chi connectivity index (χ0v) is 22.0. The Hall–Kier alpha value is -1.53. The van der Waals surface area contributed by atoms with E-state index in [-0.39, 0.29) is 11.0 Å². The molecule has 31 heavy (non-hydrogen) atoms. The minimum absolute atomic E-state index is 0.0161. The normalized spacial score (nSPS) is 16.3. The second-order valence-electron chi connectivity index (χ2n) is 10.0. The van der Waals surface area contributed by atoms with E-state index in [2.05, 4.69) is 33.9 Å². The molecule has 170 valence electrons. The van der Waals surface area contributed by atoms with Crippen LogP contribution in [0.2, 0.25) is 18.1 Å². The molecule has 3 nitrogen and oxygen atoms in total. The lowest BCUT2D eigenvalue weighted by molar-refractivity contribution is 0.0534. The molecule has 0 spiro atoms. The monoisotopic (exact) mass is 458 g/mol. The van der Waals surface area contributed by atoms with Crippen LogP contribution in [0.4, 0.5) is 0 Å². The summed E-state index contributed by atoms with van der Waals surface area (Å²) in [6, 6.07) is 17.5. The Morgan fingerprint density at radius 1 is 1.03 bits per heavy atom. The molecule has 0 amide bonds. The molecule has 0 unspecified atom stereocenters. The third-order valence-electron chi connectivity index (χ3n) is 5.88. The SMILES string of the molecule is Cc1ccc([S@@](=O)/C(=C/C(C)C)[C@H](O)[C@@H](O[Si](C)(C)C(C)(C)C)c2ccccc2)cc1. The maximum atomic E-state index is 13.6. The van der Waals surface area contributed by atoms with Crippen molar-refractivity contribution in [3.05, 3.63) is 76.7 Å². The van der Waals surface area contributed by atoms with Crippen LogP contribution in [0.25, 0.3) is 0 Å². The Balaban J connectivity index is 2.53. The van der Waals surface area contributed by atoms with Crippen LogP contribution in [-0.4, -0.2) is 23.7 Å². The van der Waals surface area contributed by atoms with E-state index in [1.165, 1.54) is 0 Å². The van der Waals surface area contributed by atoms with Gasteiger partial charge in [0.05, 0.1) is 10.8 Å². The second kappa shape index (κ2) is 10.4. The minimum atomic E-state index is -2.21. The lowest BCUT2D eigenvalue weighted by Crippen LogP contribution is -2.44. The Morgan fingerprint density at radius 2 is 1.58 bits per heavy atom. The van der Waals surface area contributed by atoms with Crippen molar-refractivity contribution in [2.75, 3.05) is 0 Å². The van der Waals surface area contributed by atoms with Crippen LogP contribution < -0.4 is 0 Å². The highest BCUT2D eigenvalue weighted by molar-refractivity contribution is 7.89. The van der Waals surface area contributed by atoms with Crippen molar-refractivity contribution >= 4 is 19.1 Å². The number of hydrogen-bond donors (Lipinski definition) is 1. The fraction of sp³-hybridized carbons (Fsp3) is 0.462. The summed E-state index contributed by atoms with van der Waals surface area (Å²) >= 11 is 0. The molecule has 0 aliphatic heterocycles. The maximum absolute atomic E-state index is 13.6. The largest absolute Gasteiger partial charge is 0.407 e. The summed E-state index contributed by atoms with van der Waals surface area (Å²) in [5.74, 6) is 0.142. The first kappa shape index (κ1) is 25.7. The van der Waals surface area contributed by atoms with Crippen molar-refractivity contribution in [1.29, 1.82) is 0 Å². The Bertz CT molecular complexity index is 896. The van der Waals surface area contributed by atoms with Gasteiger partial charge >= 0.3 is 0 Å². The summed E-state index contributed by atoms with van der Waals surface area (Å²) in [5.41, 5.74) is 2.01. The van der Waals surface area contributed by atoms with Crippen molar-refractivity contribution in [2.24, 2.45) is 5.92 Å². The first-order valence-electron chi connectivity index (χ1n) is 10.9. The molecule has 3 atom stereocenters. The molecule has 0 aliphatic rings. The van der Waals surface area contributed by atoms with Crippen molar-refractivity contribution in [3.8, 4) is 0 Å². The van der Waals surface area contributed by atoms with Gasteiger partial charge in [0, 0.05) is 9.80 Å². The zero-order valence-electron chi connectivity index (χ0n) is 20.2. The second-order valence-corrected chi connectivity index (χ2v) is 16.3. The number of rotatable bonds is 8. The fourth-order valence-corrected chi connectivity index (χ4v) is 5.64. The van der Waals surface area contributed by atoms with Crippen LogP contribution in [-0.2, 0) is 15.2 Å². The topological polar surface area (TPSA) is 46.5 Å². The third-order valence-corrected chi connectivity index (χ3v) is 11.8. The molecule has 0 bridgehead atoms. The number of allylic oxidation sites excluding steroid dienone is 1. The molecular formula is C26H38O3SSi. The van der Waals surface area contributed by atoms with Crippen LogP contribution in [0, 0.1) is 12.8 Å². The van der Waals surface area contributed by atoms with Gasteiger partial charge in [0.1, 0.15) is 12.2 Å². The maximum Gasteiger partial charge on any atom is 0.193 e. The lowest BCUT2D eigenvalue weighted by Gasteiger charge is -2.41. The van der Waals surface area contributed by atoms with Gasteiger partial charge in [-0.1, -0.05) is 88.7 Å². The number of benzene rings is 2. The van der Waals surface area contributed by atoms with Crippen molar-refractivity contribution in [1.82, 2.24) is 0 Å². The number of hydrogen-bond acceptors (Lipinski definition) is 3. The molecule has 5 heteroatoms. The van der Waals surface area contributed by atoms with Gasteiger partial charge < -0.3 is 9.53 Å². The average molecular weight is 459 g/mol. The van der Waals surface area contributed by atoms with Crippen LogP contribution in [0.3, 0.4) is 0 Å². The van der Waals surface area contributed by atoms with Gasteiger partial charge in [-0.3, -0.25) is 0 Å². The average Bonchev–Trinajstić information content (AvgIpc) is 2.69. The van der Waals surface area contributed by atoms with Gasteiger partial charge in [-0.05, 0) is 48.7 Å². The summed E-state index contributed by atoms with van der Waals surface area (Å²) in [6.45, 7) is 17.0. The summed E-state index contributed by atoms with van der Waals surface area (Å²) in [6.07, 6.45) is 0.327. The van der Waals surface area contributed by atoms with Crippen LogP contribution in [0.15, 0.2) is 70.5 Å². The van der Waals surface area contributed by atoms with Crippen molar-refractivity contribution in [3.63, 3.8) is 0 Å². The molecule has 0 saturated heterocycles. The van der Waals surface area contributed by atoms with E-state index >= 15 is 0 Å². The molecule has 2 aromatic carbocycles. The van der Waals surface area contributed by atoms with E-state index in [1.807, 2.05) is 81.4 Å². The Morgan fingerprint density at radius 3 is 2.06 bits per heavy atom. The lowest BCUT2D eigenvalue weighted by atomic mass is 10.0. The first-order chi connectivity index (χ1) is 14.3. The van der Waals surface area contributed by atoms with Gasteiger partial charge in [0.2, 0.25) is 0 Å². The molecule has 0 fully saturated rings. The van der Waals surface area contributed by atoms with E-state index in [1.54, 1.807) is 0 Å². The summed E-state index contributed by atoms with van der Waals surface area (Å²) in [4.78, 5) is 1.20. The highest BCUT2D eigenvalue weighted by Gasteiger charge is 2.42. The zero-order chi connectivity index (χ0) is 23.4. The van der Waals surface area contributed by atoms with Gasteiger partial charge in [-0.25, -0.2) is 4.21 Å². The van der Waals surface area contributed by atoms with E-state index in [0.717, 1.165) is 11.1 Å². The molecule has 0 aliphatic carbocycles. The van der Waals surface area contributed by atoms with Gasteiger partial charge in [-0.15, -0.1) is 0 Å². The number of aliphatic hydroxyl groups is 1. The molecule has 0 heterocycles. The molecular weight excluding hydrogens is 420 g/mol. The minimum Gasteiger partial charge on any atom is -0.407 e. The summed E-state index contributed by atoms with van der Waals surface area (Å²) in [7, 11) is -3.68.